The number of hydrogen-bond donors (Lipinski definition) is 5. The van der Waals surface area contributed by atoms with Crippen LogP contribution in [0.4, 0.5) is 0 Å². The van der Waals surface area contributed by atoms with E-state index in [0.29, 0.717) is 43.0 Å². The van der Waals surface area contributed by atoms with E-state index in [2.05, 4.69) is 28.3 Å². The standard InChI is InChI=1S/C29H33N9O2/c1-16(31)17-4-6-23-18(10-17)2-3-19-11-20(27(32)40)5-7-24(19)29(23,28(33)36-37-34)8-9-35-15-26(39)38-22(14-30)12-21-13-25(21)38/h4-7,10-11,21-22,25,35H,1-3,8-9,12-13,15,31H2,(H2,32,40)(H3,33,34,36)/t21-,22?,25+,29?/m1/s1. The predicted molar refractivity (Wildman–Crippen MR) is 150 cm³/mol. The summed E-state index contributed by atoms with van der Waals surface area (Å²) in [6.45, 7) is 4.30. The molecule has 1 saturated heterocycles. The third-order valence-corrected chi connectivity index (χ3v) is 8.51. The van der Waals surface area contributed by atoms with Crippen molar-refractivity contribution >= 4 is 23.3 Å². The van der Waals surface area contributed by atoms with Gasteiger partial charge in [-0.15, -0.1) is 5.11 Å². The van der Waals surface area contributed by atoms with Crippen molar-refractivity contribution in [2.24, 2.45) is 33.6 Å². The molecule has 1 saturated carbocycles. The molecule has 2 unspecified atom stereocenters. The average Bonchev–Trinajstić information content (AvgIpc) is 3.63. The zero-order valence-corrected chi connectivity index (χ0v) is 22.2. The Morgan fingerprint density at radius 2 is 1.77 bits per heavy atom. The van der Waals surface area contributed by atoms with Gasteiger partial charge >= 0.3 is 0 Å². The van der Waals surface area contributed by atoms with Crippen molar-refractivity contribution < 1.29 is 9.59 Å². The van der Waals surface area contributed by atoms with Gasteiger partial charge in [0.25, 0.3) is 0 Å². The highest BCUT2D eigenvalue weighted by atomic mass is 16.2. The first-order valence-electron chi connectivity index (χ1n) is 13.3. The van der Waals surface area contributed by atoms with Gasteiger partial charge in [0.15, 0.2) is 5.84 Å². The zero-order valence-electron chi connectivity index (χ0n) is 22.2. The quantitative estimate of drug-likeness (QED) is 0.0846. The van der Waals surface area contributed by atoms with Crippen LogP contribution in [0, 0.1) is 22.7 Å². The molecular weight excluding hydrogens is 506 g/mol. The van der Waals surface area contributed by atoms with Gasteiger partial charge in [-0.1, -0.05) is 30.0 Å². The monoisotopic (exact) mass is 539 g/mol. The van der Waals surface area contributed by atoms with Crippen LogP contribution in [0.5, 0.6) is 0 Å². The van der Waals surface area contributed by atoms with E-state index in [1.54, 1.807) is 17.0 Å². The number of nitrogens with zero attached hydrogens (tertiary/aromatic N) is 4. The maximum absolute atomic E-state index is 13.0. The van der Waals surface area contributed by atoms with E-state index in [1.165, 1.54) is 0 Å². The summed E-state index contributed by atoms with van der Waals surface area (Å²) in [6, 6.07) is 13.1. The maximum atomic E-state index is 13.0. The molecule has 40 heavy (non-hydrogen) atoms. The van der Waals surface area contributed by atoms with E-state index in [4.69, 9.17) is 22.7 Å². The van der Waals surface area contributed by atoms with E-state index >= 15 is 0 Å². The first-order chi connectivity index (χ1) is 19.2. The molecule has 3 aliphatic rings. The van der Waals surface area contributed by atoms with Crippen LogP contribution < -0.4 is 22.6 Å². The number of carbonyl (C=O) groups is 2. The summed E-state index contributed by atoms with van der Waals surface area (Å²) in [6.07, 6.45) is 3.28. The van der Waals surface area contributed by atoms with Crippen molar-refractivity contribution in [1.82, 2.24) is 10.2 Å². The number of likely N-dealkylation sites (tertiary alicyclic amines) is 1. The molecular formula is C29H33N9O2. The summed E-state index contributed by atoms with van der Waals surface area (Å²) in [5.74, 6) is 5.19. The highest BCUT2D eigenvalue weighted by Crippen LogP contribution is 2.48. The molecule has 8 N–H and O–H groups in total. The molecule has 2 fully saturated rings. The second-order valence-electron chi connectivity index (χ2n) is 10.8. The third-order valence-electron chi connectivity index (χ3n) is 8.51. The Morgan fingerprint density at radius 1 is 1.12 bits per heavy atom. The summed E-state index contributed by atoms with van der Waals surface area (Å²) in [7, 11) is 0. The number of aryl methyl sites for hydroxylation is 2. The maximum Gasteiger partial charge on any atom is 0.248 e. The molecule has 11 nitrogen and oxygen atoms in total. The Kier molecular flexibility index (Phi) is 7.12. The number of piperidine rings is 1. The van der Waals surface area contributed by atoms with Gasteiger partial charge in [0.1, 0.15) is 6.04 Å². The number of fused-ring (bicyclic) bond motifs is 3. The predicted octanol–water partition coefficient (Wildman–Crippen LogP) is 1.90. The minimum atomic E-state index is -1.09. The molecule has 2 amide bonds. The van der Waals surface area contributed by atoms with Crippen molar-refractivity contribution in [3.05, 3.63) is 76.4 Å². The molecule has 0 bridgehead atoms. The molecule has 2 aliphatic carbocycles. The summed E-state index contributed by atoms with van der Waals surface area (Å²) in [4.78, 5) is 26.8. The van der Waals surface area contributed by atoms with Gasteiger partial charge in [-0.3, -0.25) is 15.0 Å². The Labute approximate surface area is 232 Å². The molecule has 11 heteroatoms. The average molecular weight is 540 g/mol. The molecule has 2 aromatic rings. The van der Waals surface area contributed by atoms with Crippen LogP contribution in [0.15, 0.2) is 53.3 Å². The topological polar surface area (TPSA) is 200 Å². The van der Waals surface area contributed by atoms with Gasteiger partial charge in [0.2, 0.25) is 11.8 Å². The molecule has 0 spiro atoms. The molecule has 206 valence electrons. The smallest absolute Gasteiger partial charge is 0.248 e. The molecule has 1 heterocycles. The van der Waals surface area contributed by atoms with Gasteiger partial charge in [-0.25, -0.2) is 0 Å². The first kappa shape index (κ1) is 27.0. The van der Waals surface area contributed by atoms with Crippen LogP contribution in [0.1, 0.15) is 57.4 Å². The molecule has 1 aliphatic heterocycles. The number of amides is 2. The van der Waals surface area contributed by atoms with Crippen molar-refractivity contribution in [3.63, 3.8) is 0 Å². The van der Waals surface area contributed by atoms with Gasteiger partial charge in [-0.2, -0.15) is 5.26 Å². The zero-order chi connectivity index (χ0) is 28.6. The van der Waals surface area contributed by atoms with Crippen molar-refractivity contribution in [2.75, 3.05) is 13.1 Å². The number of nitrogens with one attached hydrogen (secondary N) is 2. The normalized spacial score (nSPS) is 24.4. The van der Waals surface area contributed by atoms with E-state index in [-0.39, 0.29) is 30.4 Å². The number of amidine groups is 1. The van der Waals surface area contributed by atoms with Crippen LogP contribution in [0.2, 0.25) is 0 Å². The van der Waals surface area contributed by atoms with E-state index in [1.807, 2.05) is 24.3 Å². The first-order valence-corrected chi connectivity index (χ1v) is 13.3. The van der Waals surface area contributed by atoms with Crippen molar-refractivity contribution in [1.29, 1.82) is 10.7 Å². The fourth-order valence-electron chi connectivity index (χ4n) is 6.48. The minimum absolute atomic E-state index is 0.0661. The lowest BCUT2D eigenvalue weighted by Gasteiger charge is -2.35. The van der Waals surface area contributed by atoms with E-state index in [0.717, 1.165) is 40.7 Å². The molecule has 0 radical (unpaired) electrons. The number of hydrogen-bond acceptors (Lipinski definition) is 7. The largest absolute Gasteiger partial charge is 0.399 e. The minimum Gasteiger partial charge on any atom is -0.399 e. The van der Waals surface area contributed by atoms with Gasteiger partial charge in [0, 0.05) is 17.3 Å². The van der Waals surface area contributed by atoms with E-state index in [9.17, 15) is 14.9 Å². The van der Waals surface area contributed by atoms with Gasteiger partial charge in [0.05, 0.1) is 18.0 Å². The van der Waals surface area contributed by atoms with Crippen LogP contribution in [-0.4, -0.2) is 47.7 Å². The van der Waals surface area contributed by atoms with Crippen LogP contribution in [0.3, 0.4) is 0 Å². The number of nitrogens with two attached hydrogens (primary N) is 3. The molecule has 5 rings (SSSR count). The Balaban J connectivity index is 1.51. The highest BCUT2D eigenvalue weighted by Gasteiger charge is 2.54. The number of benzene rings is 2. The fraction of sp³-hybridized carbons (Fsp3) is 0.379. The Bertz CT molecular complexity index is 1410. The number of rotatable bonds is 8. The lowest BCUT2D eigenvalue weighted by atomic mass is 9.68. The van der Waals surface area contributed by atoms with Crippen LogP contribution in [0.25, 0.3) is 5.70 Å². The van der Waals surface area contributed by atoms with Gasteiger partial charge in [-0.05, 0) is 90.6 Å². The summed E-state index contributed by atoms with van der Waals surface area (Å²) in [5, 5.41) is 29.3. The van der Waals surface area contributed by atoms with Crippen LogP contribution >= 0.6 is 0 Å². The number of primary amides is 1. The summed E-state index contributed by atoms with van der Waals surface area (Å²) in [5.41, 5.74) is 15.6. The van der Waals surface area contributed by atoms with Gasteiger partial charge < -0.3 is 27.5 Å². The second-order valence-corrected chi connectivity index (χ2v) is 10.8. The van der Waals surface area contributed by atoms with E-state index < -0.39 is 11.3 Å². The summed E-state index contributed by atoms with van der Waals surface area (Å²) < 4.78 is 0. The van der Waals surface area contributed by atoms with Crippen molar-refractivity contribution in [2.45, 2.75) is 49.6 Å². The lowest BCUT2D eigenvalue weighted by Crippen LogP contribution is -2.44. The van der Waals surface area contributed by atoms with Crippen LogP contribution in [-0.2, 0) is 23.1 Å². The number of carbonyl (C=O) groups excluding carboxylic acids is 2. The fourth-order valence-corrected chi connectivity index (χ4v) is 6.48. The Hall–Kier alpha value is -4.56. The van der Waals surface area contributed by atoms with Crippen molar-refractivity contribution in [3.8, 4) is 6.07 Å². The SMILES string of the molecule is C=C(N)c1ccc2c(c1)CCc1cc(C(N)=O)ccc1C2(CCNCC(=O)N1C(C#N)C[C@@H]2C[C@@H]21)C(=N)N=NN. The third kappa shape index (κ3) is 4.60. The second kappa shape index (κ2) is 10.5. The molecule has 4 atom stereocenters. The molecule has 0 aromatic heterocycles. The Morgan fingerprint density at radius 3 is 2.38 bits per heavy atom. The molecule has 2 aromatic carbocycles. The lowest BCUT2D eigenvalue weighted by molar-refractivity contribution is -0.131. The summed E-state index contributed by atoms with van der Waals surface area (Å²) >= 11 is 0. The number of nitriles is 1. The highest BCUT2D eigenvalue weighted by molar-refractivity contribution is 5.97.